The van der Waals surface area contributed by atoms with Crippen LogP contribution in [0.25, 0.3) is 11.1 Å². The fourth-order valence-electron chi connectivity index (χ4n) is 5.10. The van der Waals surface area contributed by atoms with E-state index in [0.29, 0.717) is 28.8 Å². The largest absolute Gasteiger partial charge is 0.481 e. The van der Waals surface area contributed by atoms with Gasteiger partial charge in [-0.2, -0.15) is 0 Å². The fourth-order valence-corrected chi connectivity index (χ4v) is 5.10. The van der Waals surface area contributed by atoms with Crippen LogP contribution >= 0.6 is 0 Å². The molecule has 2 amide bonds. The number of nitrogens with one attached hydrogen (secondary N) is 2. The van der Waals surface area contributed by atoms with Crippen LogP contribution in [0.3, 0.4) is 0 Å². The third-order valence-electron chi connectivity index (χ3n) is 7.05. The molecule has 3 aromatic heterocycles. The second-order valence-electron chi connectivity index (χ2n) is 9.42. The van der Waals surface area contributed by atoms with E-state index in [9.17, 15) is 9.59 Å². The molecule has 3 aromatic rings. The SMILES string of the molecule is COc1ccc2oc(C(=O)Nc3ccc(C)cn3)c(NC(=O)[C@H]3CC[C@H](N4CCCC4)CC3)c2n1. The molecule has 9 nitrogen and oxygen atoms in total. The number of fused-ring (bicyclic) bond motifs is 1. The fraction of sp³-hybridized carbons (Fsp3) is 0.462. The summed E-state index contributed by atoms with van der Waals surface area (Å²) in [7, 11) is 1.52. The Balaban J connectivity index is 1.36. The highest BCUT2D eigenvalue weighted by Gasteiger charge is 2.32. The molecular weight excluding hydrogens is 446 g/mol. The van der Waals surface area contributed by atoms with Crippen molar-refractivity contribution < 1.29 is 18.7 Å². The molecule has 1 saturated heterocycles. The third kappa shape index (κ3) is 5.00. The standard InChI is InChI=1S/C26H31N5O4/c1-16-5-11-20(27-15-16)28-26(33)24-23(22-19(35-24)10-12-21(29-22)34-2)30-25(32)17-6-8-18(9-7-17)31-13-3-4-14-31/h5,10-12,15,17-18H,3-4,6-9,13-14H2,1-2H3,(H,30,32)(H,27,28,33)/t17-,18-. The van der Waals surface area contributed by atoms with Gasteiger partial charge in [0.1, 0.15) is 17.0 Å². The number of anilines is 2. The minimum absolute atomic E-state index is 0.0118. The van der Waals surface area contributed by atoms with Gasteiger partial charge in [0.05, 0.1) is 7.11 Å². The van der Waals surface area contributed by atoms with Gasteiger partial charge in [0, 0.05) is 24.2 Å². The third-order valence-corrected chi connectivity index (χ3v) is 7.05. The van der Waals surface area contributed by atoms with Crippen molar-refractivity contribution in [2.45, 2.75) is 51.5 Å². The number of amides is 2. The molecule has 2 N–H and O–H groups in total. The van der Waals surface area contributed by atoms with Crippen molar-refractivity contribution in [2.24, 2.45) is 5.92 Å². The Bertz CT molecular complexity index is 1210. The van der Waals surface area contributed by atoms with E-state index >= 15 is 0 Å². The lowest BCUT2D eigenvalue weighted by molar-refractivity contribution is -0.121. The minimum atomic E-state index is -0.508. The monoisotopic (exact) mass is 477 g/mol. The lowest BCUT2D eigenvalue weighted by atomic mass is 9.85. The van der Waals surface area contributed by atoms with Gasteiger partial charge >= 0.3 is 0 Å². The smallest absolute Gasteiger partial charge is 0.294 e. The molecule has 9 heteroatoms. The maximum Gasteiger partial charge on any atom is 0.294 e. The van der Waals surface area contributed by atoms with Crippen molar-refractivity contribution in [3.05, 3.63) is 41.8 Å². The average molecular weight is 478 g/mol. The molecule has 0 bridgehead atoms. The molecule has 5 rings (SSSR count). The van der Waals surface area contributed by atoms with Crippen molar-refractivity contribution in [2.75, 3.05) is 30.8 Å². The number of furan rings is 1. The van der Waals surface area contributed by atoms with Crippen LogP contribution < -0.4 is 15.4 Å². The second-order valence-corrected chi connectivity index (χ2v) is 9.42. The maximum atomic E-state index is 13.3. The van der Waals surface area contributed by atoms with E-state index in [2.05, 4.69) is 25.5 Å². The van der Waals surface area contributed by atoms with E-state index in [4.69, 9.17) is 9.15 Å². The zero-order chi connectivity index (χ0) is 24.4. The zero-order valence-corrected chi connectivity index (χ0v) is 20.2. The number of likely N-dealkylation sites (tertiary alicyclic amines) is 1. The van der Waals surface area contributed by atoms with Crippen molar-refractivity contribution in [1.82, 2.24) is 14.9 Å². The van der Waals surface area contributed by atoms with Gasteiger partial charge in [0.25, 0.3) is 5.91 Å². The maximum absolute atomic E-state index is 13.3. The van der Waals surface area contributed by atoms with Crippen LogP contribution in [0.2, 0.25) is 0 Å². The molecule has 35 heavy (non-hydrogen) atoms. The summed E-state index contributed by atoms with van der Waals surface area (Å²) in [4.78, 5) is 37.7. The van der Waals surface area contributed by atoms with E-state index in [1.807, 2.05) is 13.0 Å². The second kappa shape index (κ2) is 10.0. The normalized spacial score (nSPS) is 20.6. The van der Waals surface area contributed by atoms with Crippen molar-refractivity contribution in [3.63, 3.8) is 0 Å². The predicted octanol–water partition coefficient (Wildman–Crippen LogP) is 4.39. The van der Waals surface area contributed by atoms with Crippen molar-refractivity contribution in [3.8, 4) is 5.88 Å². The molecule has 0 aromatic carbocycles. The van der Waals surface area contributed by atoms with Gasteiger partial charge in [-0.05, 0) is 76.2 Å². The van der Waals surface area contributed by atoms with Gasteiger partial charge in [-0.1, -0.05) is 6.07 Å². The highest BCUT2D eigenvalue weighted by Crippen LogP contribution is 2.34. The summed E-state index contributed by atoms with van der Waals surface area (Å²) in [6.45, 7) is 4.26. The number of aryl methyl sites for hydroxylation is 1. The molecule has 0 atom stereocenters. The first-order valence-electron chi connectivity index (χ1n) is 12.3. The summed E-state index contributed by atoms with van der Waals surface area (Å²) in [6.07, 6.45) is 7.90. The van der Waals surface area contributed by atoms with Crippen LogP contribution in [-0.2, 0) is 4.79 Å². The summed E-state index contributed by atoms with van der Waals surface area (Å²) in [5, 5.41) is 5.71. The molecule has 0 radical (unpaired) electrons. The van der Waals surface area contributed by atoms with Crippen LogP contribution in [0.1, 0.15) is 54.6 Å². The Hall–Kier alpha value is -3.46. The number of aromatic nitrogens is 2. The van der Waals surface area contributed by atoms with E-state index in [1.165, 1.54) is 33.0 Å². The first-order valence-corrected chi connectivity index (χ1v) is 12.3. The number of nitrogens with zero attached hydrogens (tertiary/aromatic N) is 3. The van der Waals surface area contributed by atoms with E-state index in [1.54, 1.807) is 24.4 Å². The van der Waals surface area contributed by atoms with Gasteiger partial charge in [-0.15, -0.1) is 0 Å². The van der Waals surface area contributed by atoms with Crippen LogP contribution in [0.15, 0.2) is 34.9 Å². The molecule has 1 aliphatic heterocycles. The molecule has 184 valence electrons. The number of hydrogen-bond acceptors (Lipinski definition) is 7. The highest BCUT2D eigenvalue weighted by molar-refractivity contribution is 6.13. The number of carbonyl (C=O) groups is 2. The van der Waals surface area contributed by atoms with Crippen LogP contribution in [0, 0.1) is 12.8 Å². The van der Waals surface area contributed by atoms with Crippen molar-refractivity contribution >= 4 is 34.4 Å². The average Bonchev–Trinajstić information content (AvgIpc) is 3.54. The van der Waals surface area contributed by atoms with Crippen molar-refractivity contribution in [1.29, 1.82) is 0 Å². The first kappa shape index (κ1) is 23.3. The lowest BCUT2D eigenvalue weighted by Crippen LogP contribution is -2.38. The van der Waals surface area contributed by atoms with Crippen LogP contribution in [0.5, 0.6) is 5.88 Å². The number of rotatable bonds is 6. The summed E-state index contributed by atoms with van der Waals surface area (Å²) in [5.74, 6) is 0.0172. The number of pyridine rings is 2. The van der Waals surface area contributed by atoms with E-state index < -0.39 is 5.91 Å². The Labute approximate surface area is 204 Å². The summed E-state index contributed by atoms with van der Waals surface area (Å²) in [6, 6.07) is 7.48. The minimum Gasteiger partial charge on any atom is -0.481 e. The molecule has 0 spiro atoms. The van der Waals surface area contributed by atoms with E-state index in [-0.39, 0.29) is 23.3 Å². The number of carbonyl (C=O) groups excluding carboxylic acids is 2. The highest BCUT2D eigenvalue weighted by atomic mass is 16.5. The quantitative estimate of drug-likeness (QED) is 0.542. The zero-order valence-electron chi connectivity index (χ0n) is 20.2. The predicted molar refractivity (Wildman–Crippen MR) is 133 cm³/mol. The molecule has 1 aliphatic carbocycles. The Morgan fingerprint density at radius 3 is 2.51 bits per heavy atom. The molecule has 2 aliphatic rings. The summed E-state index contributed by atoms with van der Waals surface area (Å²) in [5.41, 5.74) is 2.01. The molecule has 4 heterocycles. The molecular formula is C26H31N5O4. The number of hydrogen-bond donors (Lipinski definition) is 2. The van der Waals surface area contributed by atoms with E-state index in [0.717, 1.165) is 31.2 Å². The van der Waals surface area contributed by atoms with Gasteiger partial charge in [0.15, 0.2) is 5.58 Å². The summed E-state index contributed by atoms with van der Waals surface area (Å²) >= 11 is 0. The summed E-state index contributed by atoms with van der Waals surface area (Å²) < 4.78 is 11.1. The lowest BCUT2D eigenvalue weighted by Gasteiger charge is -2.33. The van der Waals surface area contributed by atoms with Gasteiger partial charge in [-0.25, -0.2) is 9.97 Å². The Morgan fingerprint density at radius 1 is 1.06 bits per heavy atom. The molecule has 2 fully saturated rings. The number of ether oxygens (including phenoxy) is 1. The van der Waals surface area contributed by atoms with Crippen LogP contribution in [-0.4, -0.2) is 52.9 Å². The Morgan fingerprint density at radius 2 is 1.83 bits per heavy atom. The molecule has 0 unspecified atom stereocenters. The number of methoxy groups -OCH3 is 1. The van der Waals surface area contributed by atoms with Crippen LogP contribution in [0.4, 0.5) is 11.5 Å². The topological polar surface area (TPSA) is 110 Å². The van der Waals surface area contributed by atoms with Gasteiger partial charge < -0.3 is 24.7 Å². The van der Waals surface area contributed by atoms with Gasteiger partial charge in [-0.3, -0.25) is 9.59 Å². The molecule has 1 saturated carbocycles. The first-order chi connectivity index (χ1) is 17.0. The van der Waals surface area contributed by atoms with Gasteiger partial charge in [0.2, 0.25) is 17.5 Å². The Kier molecular flexibility index (Phi) is 6.68.